The number of hydrogen-bond acceptors (Lipinski definition) is 2. The first kappa shape index (κ1) is 14.9. The van der Waals surface area contributed by atoms with E-state index in [1.165, 1.54) is 5.56 Å². The highest BCUT2D eigenvalue weighted by Crippen LogP contribution is 2.21. The van der Waals surface area contributed by atoms with Gasteiger partial charge in [-0.1, -0.05) is 44.2 Å². The van der Waals surface area contributed by atoms with E-state index >= 15 is 0 Å². The Bertz CT molecular complexity index is 367. The minimum atomic E-state index is 0.107. The molecule has 0 aliphatic carbocycles. The van der Waals surface area contributed by atoms with Crippen LogP contribution in [0.3, 0.4) is 0 Å². The summed E-state index contributed by atoms with van der Waals surface area (Å²) < 4.78 is 0. The number of benzene rings is 1. The van der Waals surface area contributed by atoms with Gasteiger partial charge in [-0.25, -0.2) is 0 Å². The molecule has 1 atom stereocenters. The van der Waals surface area contributed by atoms with Crippen LogP contribution in [0, 0.1) is 5.92 Å². The molecule has 0 bridgehead atoms. The Morgan fingerprint density at radius 3 is 2.44 bits per heavy atom. The van der Waals surface area contributed by atoms with Crippen LogP contribution >= 0.6 is 12.2 Å². The van der Waals surface area contributed by atoms with Crippen molar-refractivity contribution in [3.05, 3.63) is 35.9 Å². The lowest BCUT2D eigenvalue weighted by Crippen LogP contribution is -2.41. The molecule has 0 amide bonds. The Balaban J connectivity index is 2.73. The van der Waals surface area contributed by atoms with E-state index < -0.39 is 0 Å². The number of hydrogen-bond donors (Lipinski definition) is 2. The van der Waals surface area contributed by atoms with E-state index in [0.29, 0.717) is 17.6 Å². The third kappa shape index (κ3) is 4.27. The molecule has 0 aliphatic heterocycles. The lowest BCUT2D eigenvalue weighted by molar-refractivity contribution is 0.261. The molecule has 1 aromatic carbocycles. The van der Waals surface area contributed by atoms with Gasteiger partial charge in [-0.2, -0.15) is 0 Å². The molecule has 0 aliphatic rings. The molecule has 0 aromatic heterocycles. The maximum atomic E-state index is 8.92. The van der Waals surface area contributed by atoms with Gasteiger partial charge in [0.2, 0.25) is 0 Å². The molecular formula is C14H22N2OS. The third-order valence-corrected chi connectivity index (χ3v) is 3.32. The molecule has 0 saturated heterocycles. The van der Waals surface area contributed by atoms with Crippen molar-refractivity contribution in [1.29, 1.82) is 0 Å². The second kappa shape index (κ2) is 7.34. The van der Waals surface area contributed by atoms with Crippen molar-refractivity contribution in [2.45, 2.75) is 19.9 Å². The van der Waals surface area contributed by atoms with Crippen LogP contribution in [0.15, 0.2) is 30.3 Å². The fourth-order valence-electron chi connectivity index (χ4n) is 1.79. The molecule has 4 heteroatoms. The second-order valence-electron chi connectivity index (χ2n) is 4.73. The zero-order valence-corrected chi connectivity index (χ0v) is 12.1. The number of aliphatic hydroxyl groups excluding tert-OH is 1. The fourth-order valence-corrected chi connectivity index (χ4v) is 2.01. The topological polar surface area (TPSA) is 35.5 Å². The summed E-state index contributed by atoms with van der Waals surface area (Å²) in [6.45, 7) is 4.99. The molecular weight excluding hydrogens is 244 g/mol. The summed E-state index contributed by atoms with van der Waals surface area (Å²) in [4.78, 5) is 1.85. The normalized spacial score (nSPS) is 12.3. The largest absolute Gasteiger partial charge is 0.395 e. The summed E-state index contributed by atoms with van der Waals surface area (Å²) in [6.07, 6.45) is 0. The highest BCUT2D eigenvalue weighted by molar-refractivity contribution is 7.80. The zero-order valence-electron chi connectivity index (χ0n) is 11.3. The molecule has 0 heterocycles. The first-order valence-electron chi connectivity index (χ1n) is 6.23. The highest BCUT2D eigenvalue weighted by atomic mass is 32.1. The van der Waals surface area contributed by atoms with Gasteiger partial charge in [-0.05, 0) is 23.7 Å². The van der Waals surface area contributed by atoms with Crippen LogP contribution < -0.4 is 5.32 Å². The average molecular weight is 266 g/mol. The number of thiocarbonyl (C=S) groups is 1. The molecule has 1 unspecified atom stereocenters. The van der Waals surface area contributed by atoms with E-state index in [1.807, 2.05) is 30.1 Å². The number of nitrogens with one attached hydrogen (secondary N) is 1. The fraction of sp³-hybridized carbons (Fsp3) is 0.500. The summed E-state index contributed by atoms with van der Waals surface area (Å²) >= 11 is 5.34. The molecule has 0 spiro atoms. The standard InChI is InChI=1S/C14H22N2OS/c1-11(2)13(12-7-5-4-6-8-12)15-14(18)16(3)9-10-17/h4-8,11,13,17H,9-10H2,1-3H3,(H,15,18). The number of likely N-dealkylation sites (N-methyl/N-ethyl adjacent to an activating group) is 1. The van der Waals surface area contributed by atoms with Gasteiger partial charge in [-0.3, -0.25) is 0 Å². The van der Waals surface area contributed by atoms with Gasteiger partial charge < -0.3 is 15.3 Å². The Kier molecular flexibility index (Phi) is 6.09. The quantitative estimate of drug-likeness (QED) is 0.801. The van der Waals surface area contributed by atoms with E-state index in [2.05, 4.69) is 31.3 Å². The maximum absolute atomic E-state index is 8.92. The van der Waals surface area contributed by atoms with E-state index in [9.17, 15) is 0 Å². The summed E-state index contributed by atoms with van der Waals surface area (Å²) in [7, 11) is 1.88. The number of aliphatic hydroxyl groups is 1. The average Bonchev–Trinajstić information content (AvgIpc) is 2.36. The van der Waals surface area contributed by atoms with Crippen molar-refractivity contribution in [2.75, 3.05) is 20.2 Å². The van der Waals surface area contributed by atoms with Gasteiger partial charge in [0.25, 0.3) is 0 Å². The first-order valence-corrected chi connectivity index (χ1v) is 6.64. The zero-order chi connectivity index (χ0) is 13.5. The van der Waals surface area contributed by atoms with Crippen LogP contribution in [-0.2, 0) is 0 Å². The molecule has 100 valence electrons. The minimum Gasteiger partial charge on any atom is -0.395 e. The van der Waals surface area contributed by atoms with E-state index in [4.69, 9.17) is 17.3 Å². The predicted molar refractivity (Wildman–Crippen MR) is 79.5 cm³/mol. The molecule has 1 rings (SSSR count). The maximum Gasteiger partial charge on any atom is 0.169 e. The summed E-state index contributed by atoms with van der Waals surface area (Å²) in [6, 6.07) is 10.5. The molecule has 18 heavy (non-hydrogen) atoms. The van der Waals surface area contributed by atoms with Crippen molar-refractivity contribution in [3.8, 4) is 0 Å². The van der Waals surface area contributed by atoms with Gasteiger partial charge >= 0.3 is 0 Å². The SMILES string of the molecule is CC(C)C(NC(=S)N(C)CCO)c1ccccc1. The van der Waals surface area contributed by atoms with Crippen molar-refractivity contribution < 1.29 is 5.11 Å². The molecule has 0 fully saturated rings. The van der Waals surface area contributed by atoms with Gasteiger partial charge in [0.1, 0.15) is 0 Å². The predicted octanol–water partition coefficient (Wildman–Crippen LogP) is 2.18. The van der Waals surface area contributed by atoms with E-state index in [1.54, 1.807) is 0 Å². The molecule has 1 aromatic rings. The molecule has 0 saturated carbocycles. The van der Waals surface area contributed by atoms with Gasteiger partial charge in [0.05, 0.1) is 12.6 Å². The van der Waals surface area contributed by atoms with Crippen LogP contribution in [-0.4, -0.2) is 35.3 Å². The first-order chi connectivity index (χ1) is 8.56. The van der Waals surface area contributed by atoms with Gasteiger partial charge in [-0.15, -0.1) is 0 Å². The summed E-state index contributed by atoms with van der Waals surface area (Å²) in [5.41, 5.74) is 1.23. The number of rotatable bonds is 5. The van der Waals surface area contributed by atoms with Crippen molar-refractivity contribution in [3.63, 3.8) is 0 Å². The monoisotopic (exact) mass is 266 g/mol. The van der Waals surface area contributed by atoms with Crippen molar-refractivity contribution >= 4 is 17.3 Å². The van der Waals surface area contributed by atoms with E-state index in [0.717, 1.165) is 0 Å². The van der Waals surface area contributed by atoms with Gasteiger partial charge in [0, 0.05) is 13.6 Å². The smallest absolute Gasteiger partial charge is 0.169 e. The van der Waals surface area contributed by atoms with Crippen LogP contribution in [0.2, 0.25) is 0 Å². The second-order valence-corrected chi connectivity index (χ2v) is 5.11. The summed E-state index contributed by atoms with van der Waals surface area (Å²) in [5, 5.41) is 13.0. The third-order valence-electron chi connectivity index (χ3n) is 2.89. The van der Waals surface area contributed by atoms with E-state index in [-0.39, 0.29) is 12.6 Å². The molecule has 2 N–H and O–H groups in total. The Morgan fingerprint density at radius 2 is 1.94 bits per heavy atom. The minimum absolute atomic E-state index is 0.107. The van der Waals surface area contributed by atoms with Crippen LogP contribution in [0.25, 0.3) is 0 Å². The van der Waals surface area contributed by atoms with Crippen molar-refractivity contribution in [1.82, 2.24) is 10.2 Å². The van der Waals surface area contributed by atoms with Crippen LogP contribution in [0.5, 0.6) is 0 Å². The Hall–Kier alpha value is -1.13. The van der Waals surface area contributed by atoms with Crippen molar-refractivity contribution in [2.24, 2.45) is 5.92 Å². The highest BCUT2D eigenvalue weighted by Gasteiger charge is 2.17. The van der Waals surface area contributed by atoms with Crippen LogP contribution in [0.1, 0.15) is 25.5 Å². The Labute approximate surface area is 115 Å². The van der Waals surface area contributed by atoms with Crippen LogP contribution in [0.4, 0.5) is 0 Å². The Morgan fingerprint density at radius 1 is 1.33 bits per heavy atom. The molecule has 0 radical (unpaired) electrons. The molecule has 3 nitrogen and oxygen atoms in total. The lowest BCUT2D eigenvalue weighted by atomic mass is 9.96. The van der Waals surface area contributed by atoms with Gasteiger partial charge in [0.15, 0.2) is 5.11 Å². The summed E-state index contributed by atoms with van der Waals surface area (Å²) in [5.74, 6) is 0.438. The number of nitrogens with zero attached hydrogens (tertiary/aromatic N) is 1. The lowest BCUT2D eigenvalue weighted by Gasteiger charge is -2.28.